The Morgan fingerprint density at radius 2 is 1.92 bits per heavy atom. The van der Waals surface area contributed by atoms with Gasteiger partial charge in [-0.15, -0.1) is 0 Å². The zero-order valence-corrected chi connectivity index (χ0v) is 6.65. The van der Waals surface area contributed by atoms with Crippen molar-refractivity contribution in [3.05, 3.63) is 0 Å². The lowest BCUT2D eigenvalue weighted by Gasteiger charge is -2.21. The summed E-state index contributed by atoms with van der Waals surface area (Å²) in [7, 11) is -2.23. The Morgan fingerprint density at radius 1 is 1.38 bits per heavy atom. The van der Waals surface area contributed by atoms with Gasteiger partial charge in [0, 0.05) is 0 Å². The van der Waals surface area contributed by atoms with Gasteiger partial charge in [0.05, 0.1) is 6.61 Å². The first kappa shape index (κ1) is 12.5. The van der Waals surface area contributed by atoms with Crippen molar-refractivity contribution in [3.8, 4) is 0 Å². The highest BCUT2D eigenvalue weighted by molar-refractivity contribution is 6.33. The number of hydrogen-bond donors (Lipinski definition) is 5. The van der Waals surface area contributed by atoms with E-state index in [1.807, 2.05) is 0 Å². The first-order chi connectivity index (χ1) is 6.02. The van der Waals surface area contributed by atoms with E-state index in [-0.39, 0.29) is 6.29 Å². The maximum atomic E-state index is 10.2. The van der Waals surface area contributed by atoms with Crippen LogP contribution in [0.15, 0.2) is 0 Å². The molecule has 0 saturated heterocycles. The third-order valence-electron chi connectivity index (χ3n) is 1.33. The number of aldehydes is 1. The van der Waals surface area contributed by atoms with Crippen LogP contribution < -0.4 is 0 Å². The Morgan fingerprint density at radius 3 is 2.23 bits per heavy atom. The largest absolute Gasteiger partial charge is 0.634 e. The van der Waals surface area contributed by atoms with Gasteiger partial charge in [-0.2, -0.15) is 0 Å². The van der Waals surface area contributed by atoms with E-state index in [1.165, 1.54) is 0 Å². The van der Waals surface area contributed by atoms with Crippen LogP contribution >= 0.6 is 0 Å². The highest BCUT2D eigenvalue weighted by atomic mass is 16.6. The Hall–Kier alpha value is -0.505. The molecule has 3 atom stereocenters. The summed E-state index contributed by atoms with van der Waals surface area (Å²) < 4.78 is 4.11. The molecule has 76 valence electrons. The molecular weight excluding hydrogens is 183 g/mol. The number of carbonyl (C=O) groups excluding carboxylic acids is 1. The minimum atomic E-state index is -2.23. The van der Waals surface area contributed by atoms with Gasteiger partial charge in [0.1, 0.15) is 24.6 Å². The average molecular weight is 194 g/mol. The lowest BCUT2D eigenvalue weighted by molar-refractivity contribution is -0.128. The molecule has 13 heavy (non-hydrogen) atoms. The van der Waals surface area contributed by atoms with Gasteiger partial charge in [0.25, 0.3) is 0 Å². The van der Waals surface area contributed by atoms with Gasteiger partial charge in [-0.25, -0.2) is 0 Å². The first-order valence-electron chi connectivity index (χ1n) is 3.46. The van der Waals surface area contributed by atoms with Crippen molar-refractivity contribution in [2.75, 3.05) is 6.61 Å². The van der Waals surface area contributed by atoms with Gasteiger partial charge in [-0.3, -0.25) is 0 Å². The van der Waals surface area contributed by atoms with Crippen molar-refractivity contribution in [2.24, 2.45) is 0 Å². The number of rotatable bonds is 6. The third-order valence-corrected chi connectivity index (χ3v) is 1.33. The standard InChI is InChI=1S/C5H11BO7/c7-1-3(9)5(10)4(2-8)13-6(11)12/h2-5,7,9-12H,1H2/t3-,4+,5+/m1/s1. The highest BCUT2D eigenvalue weighted by Crippen LogP contribution is 2.02. The third kappa shape index (κ3) is 4.32. The van der Waals surface area contributed by atoms with Crippen LogP contribution in [0, 0.1) is 0 Å². The van der Waals surface area contributed by atoms with Crippen LogP contribution in [0.3, 0.4) is 0 Å². The van der Waals surface area contributed by atoms with E-state index >= 15 is 0 Å². The van der Waals surface area contributed by atoms with Gasteiger partial charge in [-0.05, 0) is 0 Å². The van der Waals surface area contributed by atoms with Gasteiger partial charge >= 0.3 is 7.32 Å². The van der Waals surface area contributed by atoms with E-state index < -0.39 is 32.2 Å². The van der Waals surface area contributed by atoms with E-state index in [0.29, 0.717) is 0 Å². The minimum absolute atomic E-state index is 0.0863. The lowest BCUT2D eigenvalue weighted by atomic mass is 10.1. The fraction of sp³-hybridized carbons (Fsp3) is 0.800. The van der Waals surface area contributed by atoms with Crippen molar-refractivity contribution in [3.63, 3.8) is 0 Å². The Labute approximate surface area is 74.4 Å². The molecule has 0 saturated carbocycles. The zero-order valence-electron chi connectivity index (χ0n) is 6.65. The van der Waals surface area contributed by atoms with E-state index in [2.05, 4.69) is 4.65 Å². The summed E-state index contributed by atoms with van der Waals surface area (Å²) in [5.74, 6) is 0. The van der Waals surface area contributed by atoms with Gasteiger partial charge in [0.2, 0.25) is 0 Å². The lowest BCUT2D eigenvalue weighted by Crippen LogP contribution is -2.44. The van der Waals surface area contributed by atoms with Crippen LogP contribution in [0.5, 0.6) is 0 Å². The molecule has 7 nitrogen and oxygen atoms in total. The molecule has 0 spiro atoms. The summed E-state index contributed by atoms with van der Waals surface area (Å²) in [5.41, 5.74) is 0. The van der Waals surface area contributed by atoms with Crippen LogP contribution in [0.4, 0.5) is 0 Å². The minimum Gasteiger partial charge on any atom is -0.402 e. The molecular formula is C5H11BO7. The van der Waals surface area contributed by atoms with Gasteiger partial charge < -0.3 is 34.8 Å². The quantitative estimate of drug-likeness (QED) is 0.217. The summed E-state index contributed by atoms with van der Waals surface area (Å²) in [6.45, 7) is -0.767. The smallest absolute Gasteiger partial charge is 0.402 e. The van der Waals surface area contributed by atoms with E-state index in [9.17, 15) is 4.79 Å². The molecule has 8 heteroatoms. The highest BCUT2D eigenvalue weighted by Gasteiger charge is 2.29. The molecule has 0 aromatic heterocycles. The summed E-state index contributed by atoms with van der Waals surface area (Å²) in [4.78, 5) is 10.2. The molecule has 5 N–H and O–H groups in total. The van der Waals surface area contributed by atoms with E-state index in [0.717, 1.165) is 0 Å². The summed E-state index contributed by atoms with van der Waals surface area (Å²) in [5, 5.41) is 42.8. The fourth-order valence-corrected chi connectivity index (χ4v) is 0.661. The molecule has 0 aliphatic carbocycles. The molecule has 0 bridgehead atoms. The molecule has 0 amide bonds. The van der Waals surface area contributed by atoms with E-state index in [1.54, 1.807) is 0 Å². The van der Waals surface area contributed by atoms with Gasteiger partial charge in [-0.1, -0.05) is 0 Å². The van der Waals surface area contributed by atoms with Crippen LogP contribution in [0.2, 0.25) is 0 Å². The predicted molar refractivity (Wildman–Crippen MR) is 40.2 cm³/mol. The van der Waals surface area contributed by atoms with Crippen LogP contribution in [0.1, 0.15) is 0 Å². The molecule has 0 aromatic rings. The molecule has 0 aromatic carbocycles. The average Bonchev–Trinajstić information content (AvgIpc) is 2.11. The van der Waals surface area contributed by atoms with Crippen molar-refractivity contribution in [1.29, 1.82) is 0 Å². The summed E-state index contributed by atoms with van der Waals surface area (Å²) in [6, 6.07) is 0. The number of aliphatic hydroxyl groups excluding tert-OH is 3. The molecule has 0 rings (SSSR count). The Kier molecular flexibility index (Phi) is 5.79. The summed E-state index contributed by atoms with van der Waals surface area (Å²) in [6.07, 6.45) is -4.79. The Balaban J connectivity index is 4.13. The number of hydrogen-bond acceptors (Lipinski definition) is 7. The molecule has 0 radical (unpaired) electrons. The second-order valence-electron chi connectivity index (χ2n) is 2.30. The SMILES string of the molecule is O=C[C@H](OB(O)O)[C@@H](O)[C@H](O)CO. The topological polar surface area (TPSA) is 127 Å². The van der Waals surface area contributed by atoms with Crippen molar-refractivity contribution in [2.45, 2.75) is 18.3 Å². The van der Waals surface area contributed by atoms with E-state index in [4.69, 9.17) is 25.4 Å². The number of carbonyl (C=O) groups is 1. The molecule has 0 heterocycles. The summed E-state index contributed by atoms with van der Waals surface area (Å²) >= 11 is 0. The van der Waals surface area contributed by atoms with Crippen molar-refractivity contribution in [1.82, 2.24) is 0 Å². The Bertz CT molecular complexity index is 152. The number of aliphatic hydroxyl groups is 3. The maximum Gasteiger partial charge on any atom is 0.634 e. The first-order valence-corrected chi connectivity index (χ1v) is 3.46. The van der Waals surface area contributed by atoms with Crippen LogP contribution in [0.25, 0.3) is 0 Å². The van der Waals surface area contributed by atoms with Gasteiger partial charge in [0.15, 0.2) is 0 Å². The maximum absolute atomic E-state index is 10.2. The van der Waals surface area contributed by atoms with Crippen LogP contribution in [-0.2, 0) is 9.45 Å². The normalized spacial score (nSPS) is 17.6. The van der Waals surface area contributed by atoms with Crippen LogP contribution in [-0.4, -0.2) is 63.9 Å². The fourth-order valence-electron chi connectivity index (χ4n) is 0.661. The van der Waals surface area contributed by atoms with Crippen molar-refractivity contribution < 1.29 is 34.8 Å². The zero-order chi connectivity index (χ0) is 10.4. The second kappa shape index (κ2) is 6.03. The molecule has 0 fully saturated rings. The predicted octanol–water partition coefficient (Wildman–Crippen LogP) is -3.75. The monoisotopic (exact) mass is 194 g/mol. The second-order valence-corrected chi connectivity index (χ2v) is 2.30. The molecule has 0 aliphatic rings. The molecule has 0 unspecified atom stereocenters. The van der Waals surface area contributed by atoms with Crippen molar-refractivity contribution >= 4 is 13.6 Å². The molecule has 0 aliphatic heterocycles.